The molecule has 0 bridgehead atoms. The van der Waals surface area contributed by atoms with Crippen LogP contribution in [-0.2, 0) is 15.0 Å². The normalized spacial score (nSPS) is 16.5. The number of thiol groups is 2. The third kappa shape index (κ3) is 3.26. The Morgan fingerprint density at radius 3 is 2.00 bits per heavy atom. The second kappa shape index (κ2) is 6.47. The molecule has 0 aliphatic rings. The highest BCUT2D eigenvalue weighted by atomic mass is 32.1. The maximum Gasteiger partial charge on any atom is 0.211 e. The molecular weight excluding hydrogens is 354 g/mol. The molecule has 2 rings (SSSR count). The fourth-order valence-corrected chi connectivity index (χ4v) is 4.80. The molecule has 0 amide bonds. The quantitative estimate of drug-likeness (QED) is 0.757. The van der Waals surface area contributed by atoms with Crippen LogP contribution < -0.4 is 0 Å². The van der Waals surface area contributed by atoms with Gasteiger partial charge in [-0.05, 0) is 23.0 Å². The lowest BCUT2D eigenvalue weighted by Gasteiger charge is -2.48. The summed E-state index contributed by atoms with van der Waals surface area (Å²) >= 11 is 8.33. The van der Waals surface area contributed by atoms with Crippen molar-refractivity contribution in [2.75, 3.05) is 0 Å². The molecule has 2 atom stereocenters. The summed E-state index contributed by atoms with van der Waals surface area (Å²) in [6, 6.07) is 7.29. The second-order valence-corrected chi connectivity index (χ2v) is 9.33. The first-order valence-electron chi connectivity index (χ1n) is 8.15. The van der Waals surface area contributed by atoms with Crippen molar-refractivity contribution in [2.45, 2.75) is 47.0 Å². The lowest BCUT2D eigenvalue weighted by molar-refractivity contribution is -0.136. The molecule has 25 heavy (non-hydrogen) atoms. The van der Waals surface area contributed by atoms with Gasteiger partial charge in [0.1, 0.15) is 10.9 Å². The van der Waals surface area contributed by atoms with Crippen LogP contribution in [0.5, 0.6) is 0 Å². The zero-order valence-corrected chi connectivity index (χ0v) is 17.2. The molecule has 2 aromatic rings. The zero-order valence-electron chi connectivity index (χ0n) is 15.5. The maximum atomic E-state index is 13.0. The highest BCUT2D eigenvalue weighted by Gasteiger charge is 2.62. The van der Waals surface area contributed by atoms with Crippen molar-refractivity contribution in [3.63, 3.8) is 0 Å². The minimum atomic E-state index is -1.35. The molecule has 1 aromatic heterocycles. The molecule has 0 aliphatic carbocycles. The van der Waals surface area contributed by atoms with Crippen LogP contribution >= 0.6 is 25.3 Å². The van der Waals surface area contributed by atoms with Gasteiger partial charge in [-0.2, -0.15) is 0 Å². The number of hydrogen-bond donors (Lipinski definition) is 2. The molecule has 4 nitrogen and oxygen atoms in total. The minimum absolute atomic E-state index is 0.212. The van der Waals surface area contributed by atoms with Crippen molar-refractivity contribution in [2.24, 2.45) is 16.7 Å². The van der Waals surface area contributed by atoms with Gasteiger partial charge in [-0.15, -0.1) is 25.3 Å². The summed E-state index contributed by atoms with van der Waals surface area (Å²) in [4.78, 5) is 30.1. The number of para-hydroxylation sites is 2. The van der Waals surface area contributed by atoms with E-state index in [9.17, 15) is 9.59 Å². The molecule has 1 aromatic carbocycles. The average Bonchev–Trinajstić information content (AvgIpc) is 2.84. The van der Waals surface area contributed by atoms with Crippen molar-refractivity contribution < 1.29 is 14.0 Å². The number of rotatable bonds is 4. The van der Waals surface area contributed by atoms with Gasteiger partial charge in [0.25, 0.3) is 0 Å². The smallest absolute Gasteiger partial charge is 0.211 e. The van der Waals surface area contributed by atoms with Crippen LogP contribution in [0.25, 0.3) is 11.1 Å². The molecule has 136 valence electrons. The van der Waals surface area contributed by atoms with E-state index in [0.717, 1.165) is 0 Å². The van der Waals surface area contributed by atoms with Crippen LogP contribution in [0.1, 0.15) is 47.4 Å². The predicted molar refractivity (Wildman–Crippen MR) is 106 cm³/mol. The van der Waals surface area contributed by atoms with Gasteiger partial charge in [-0.3, -0.25) is 9.59 Å². The van der Waals surface area contributed by atoms with Crippen molar-refractivity contribution in [3.05, 3.63) is 30.2 Å². The van der Waals surface area contributed by atoms with Crippen molar-refractivity contribution in [1.82, 2.24) is 4.98 Å². The van der Waals surface area contributed by atoms with E-state index in [-0.39, 0.29) is 11.0 Å². The van der Waals surface area contributed by atoms with Crippen LogP contribution in [0.4, 0.5) is 0 Å². The summed E-state index contributed by atoms with van der Waals surface area (Å²) in [5.41, 5.74) is -1.37. The van der Waals surface area contributed by atoms with E-state index in [0.29, 0.717) is 11.1 Å². The predicted octanol–water partition coefficient (Wildman–Crippen LogP) is 4.69. The first kappa shape index (κ1) is 20.0. The van der Waals surface area contributed by atoms with E-state index in [1.807, 2.05) is 59.7 Å². The van der Waals surface area contributed by atoms with Crippen LogP contribution in [0.3, 0.4) is 0 Å². The largest absolute Gasteiger partial charge is 0.440 e. The summed E-state index contributed by atoms with van der Waals surface area (Å²) < 4.78 is 5.98. The fourth-order valence-electron chi connectivity index (χ4n) is 3.66. The first-order valence-corrected chi connectivity index (χ1v) is 9.05. The number of carbonyl (C=O) groups is 2. The Kier molecular flexibility index (Phi) is 5.19. The number of aromatic nitrogens is 1. The van der Waals surface area contributed by atoms with E-state index < -0.39 is 27.3 Å². The van der Waals surface area contributed by atoms with Gasteiger partial charge in [0.15, 0.2) is 10.7 Å². The lowest BCUT2D eigenvalue weighted by atomic mass is 9.54. The number of hydrogen-bond acceptors (Lipinski definition) is 4. The van der Waals surface area contributed by atoms with E-state index in [1.54, 1.807) is 6.07 Å². The Morgan fingerprint density at radius 2 is 1.60 bits per heavy atom. The molecule has 0 N–H and O–H groups in total. The van der Waals surface area contributed by atoms with Gasteiger partial charge in [0.05, 0.1) is 5.92 Å². The van der Waals surface area contributed by atoms with Crippen LogP contribution in [0, 0.1) is 16.7 Å². The van der Waals surface area contributed by atoms with Crippen molar-refractivity contribution in [3.8, 4) is 0 Å². The topological polar surface area (TPSA) is 60.2 Å². The zero-order chi connectivity index (χ0) is 19.2. The monoisotopic (exact) mass is 379 g/mol. The van der Waals surface area contributed by atoms with E-state index in [4.69, 9.17) is 4.42 Å². The molecular formula is C19H25NO3S2. The SMILES string of the molecule is CC(C)(C)C(C(=O)S)C(C(=O)S)(c1nc2ccccc2o1)C(C)(C)C. The molecule has 0 aliphatic heterocycles. The fraction of sp³-hybridized carbons (Fsp3) is 0.526. The highest BCUT2D eigenvalue weighted by molar-refractivity contribution is 7.97. The second-order valence-electron chi connectivity index (χ2n) is 8.49. The molecule has 0 saturated carbocycles. The molecule has 0 spiro atoms. The summed E-state index contributed by atoms with van der Waals surface area (Å²) in [5.74, 6) is -0.551. The lowest BCUT2D eigenvalue weighted by Crippen LogP contribution is -2.57. The summed E-state index contributed by atoms with van der Waals surface area (Å²) in [7, 11) is 0. The Bertz CT molecular complexity index is 781. The van der Waals surface area contributed by atoms with E-state index in [1.165, 1.54) is 0 Å². The molecule has 2 unspecified atom stereocenters. The number of nitrogens with zero attached hydrogens (tertiary/aromatic N) is 1. The number of benzene rings is 1. The number of fused-ring (bicyclic) bond motifs is 1. The van der Waals surface area contributed by atoms with Crippen LogP contribution in [0.2, 0.25) is 0 Å². The van der Waals surface area contributed by atoms with Gasteiger partial charge in [0, 0.05) is 0 Å². The van der Waals surface area contributed by atoms with Crippen molar-refractivity contribution >= 4 is 46.6 Å². The van der Waals surface area contributed by atoms with E-state index >= 15 is 0 Å². The average molecular weight is 380 g/mol. The molecule has 1 heterocycles. The first-order chi connectivity index (χ1) is 11.3. The molecule has 0 saturated heterocycles. The number of carbonyl (C=O) groups excluding carboxylic acids is 2. The van der Waals surface area contributed by atoms with Gasteiger partial charge < -0.3 is 4.42 Å². The van der Waals surface area contributed by atoms with Gasteiger partial charge in [-0.1, -0.05) is 53.7 Å². The standard InChI is InChI=1S/C19H25NO3S2/c1-17(2,3)13(14(21)24)19(16(22)25,18(4,5)6)15-20-11-9-7-8-10-12(11)23-15/h7-10,13H,1-6H3,(H,21,24)(H,22,25). The van der Waals surface area contributed by atoms with Gasteiger partial charge >= 0.3 is 0 Å². The summed E-state index contributed by atoms with van der Waals surface area (Å²) in [5, 5.41) is -0.832. The molecule has 6 heteroatoms. The summed E-state index contributed by atoms with van der Waals surface area (Å²) in [6.45, 7) is 11.4. The Balaban J connectivity index is 2.93. The Morgan fingerprint density at radius 1 is 1.04 bits per heavy atom. The Hall–Kier alpha value is -1.27. The van der Waals surface area contributed by atoms with Gasteiger partial charge in [0.2, 0.25) is 11.0 Å². The molecule has 0 radical (unpaired) electrons. The van der Waals surface area contributed by atoms with E-state index in [2.05, 4.69) is 30.2 Å². The molecule has 0 fully saturated rings. The third-order valence-electron chi connectivity index (χ3n) is 4.70. The third-order valence-corrected chi connectivity index (χ3v) is 5.31. The highest BCUT2D eigenvalue weighted by Crippen LogP contribution is 2.54. The number of oxazole rings is 1. The summed E-state index contributed by atoms with van der Waals surface area (Å²) in [6.07, 6.45) is 0. The maximum absolute atomic E-state index is 13.0. The van der Waals surface area contributed by atoms with Crippen LogP contribution in [-0.4, -0.2) is 15.2 Å². The van der Waals surface area contributed by atoms with Crippen molar-refractivity contribution in [1.29, 1.82) is 0 Å². The Labute approximate surface area is 159 Å². The van der Waals surface area contributed by atoms with Crippen LogP contribution in [0.15, 0.2) is 28.7 Å². The minimum Gasteiger partial charge on any atom is -0.440 e. The van der Waals surface area contributed by atoms with Gasteiger partial charge in [-0.25, -0.2) is 4.98 Å².